The third kappa shape index (κ3) is 4.75. The molecule has 0 spiro atoms. The maximum atomic E-state index is 13.0. The summed E-state index contributed by atoms with van der Waals surface area (Å²) in [5.74, 6) is -0.473. The molecule has 1 unspecified atom stereocenters. The van der Waals surface area contributed by atoms with E-state index in [1.807, 2.05) is 32.9 Å². The van der Waals surface area contributed by atoms with Gasteiger partial charge in [-0.25, -0.2) is 0 Å². The molecule has 1 amide bonds. The van der Waals surface area contributed by atoms with E-state index >= 15 is 0 Å². The number of aliphatic hydroxyl groups is 1. The topological polar surface area (TPSA) is 76.1 Å². The van der Waals surface area contributed by atoms with Gasteiger partial charge in [-0.05, 0) is 56.2 Å². The predicted octanol–water partition coefficient (Wildman–Crippen LogP) is 5.36. The number of hydrogen-bond acceptors (Lipinski definition) is 5. The molecular formula is C25H28ClNO5. The van der Waals surface area contributed by atoms with Gasteiger partial charge < -0.3 is 19.5 Å². The van der Waals surface area contributed by atoms with E-state index in [9.17, 15) is 14.7 Å². The Labute approximate surface area is 193 Å². The fraction of sp³-hybridized carbons (Fsp3) is 0.360. The fourth-order valence-electron chi connectivity index (χ4n) is 3.77. The molecule has 32 heavy (non-hydrogen) atoms. The first kappa shape index (κ1) is 23.7. The zero-order valence-electron chi connectivity index (χ0n) is 18.6. The summed E-state index contributed by atoms with van der Waals surface area (Å²) in [6.07, 6.45) is 1.62. The number of carbonyl (C=O) groups is 2. The normalized spacial score (nSPS) is 17.6. The number of benzene rings is 2. The minimum atomic E-state index is -0.703. The molecule has 1 atom stereocenters. The molecule has 7 heteroatoms. The monoisotopic (exact) mass is 457 g/mol. The van der Waals surface area contributed by atoms with Gasteiger partial charge in [-0.2, -0.15) is 0 Å². The van der Waals surface area contributed by atoms with E-state index in [0.29, 0.717) is 41.8 Å². The molecule has 1 aliphatic heterocycles. The Morgan fingerprint density at radius 1 is 1.03 bits per heavy atom. The van der Waals surface area contributed by atoms with Gasteiger partial charge in [-0.15, -0.1) is 0 Å². The molecule has 6 nitrogen and oxygen atoms in total. The van der Waals surface area contributed by atoms with Crippen molar-refractivity contribution in [2.45, 2.75) is 39.7 Å². The largest absolute Gasteiger partial charge is 0.507 e. The standard InChI is InChI=1S/C25H28ClNO5/c1-4-7-14-27-22(16-8-11-18(12-9-16)31-5-2)21(24(29)25(27)30)23(28)17-10-13-19(26)20(15-17)32-6-3/h8-13,15,22,28H,4-7,14H2,1-3H3/b23-21-. The number of carbonyl (C=O) groups excluding carboxylic acids is 2. The van der Waals surface area contributed by atoms with Crippen LogP contribution in [-0.4, -0.2) is 41.5 Å². The number of aliphatic hydroxyl groups excluding tert-OH is 1. The second-order valence-corrected chi connectivity index (χ2v) is 7.83. The highest BCUT2D eigenvalue weighted by Crippen LogP contribution is 2.40. The van der Waals surface area contributed by atoms with E-state index in [0.717, 1.165) is 18.4 Å². The Balaban J connectivity index is 2.12. The van der Waals surface area contributed by atoms with Crippen LogP contribution < -0.4 is 9.47 Å². The smallest absolute Gasteiger partial charge is 0.295 e. The molecule has 1 saturated heterocycles. The van der Waals surface area contributed by atoms with Crippen LogP contribution in [0.3, 0.4) is 0 Å². The molecule has 0 aromatic heterocycles. The highest BCUT2D eigenvalue weighted by atomic mass is 35.5. The van der Waals surface area contributed by atoms with Gasteiger partial charge >= 0.3 is 0 Å². The summed E-state index contributed by atoms with van der Waals surface area (Å²) >= 11 is 6.17. The molecule has 1 fully saturated rings. The lowest BCUT2D eigenvalue weighted by Crippen LogP contribution is -2.30. The van der Waals surface area contributed by atoms with E-state index < -0.39 is 17.7 Å². The number of hydrogen-bond donors (Lipinski definition) is 1. The van der Waals surface area contributed by atoms with Gasteiger partial charge in [0.25, 0.3) is 11.7 Å². The van der Waals surface area contributed by atoms with Gasteiger partial charge in [0.05, 0.1) is 29.9 Å². The summed E-state index contributed by atoms with van der Waals surface area (Å²) in [6, 6.07) is 11.3. The molecular weight excluding hydrogens is 430 g/mol. The van der Waals surface area contributed by atoms with Crippen molar-refractivity contribution in [3.63, 3.8) is 0 Å². The molecule has 0 bridgehead atoms. The van der Waals surface area contributed by atoms with Gasteiger partial charge in [0.2, 0.25) is 0 Å². The van der Waals surface area contributed by atoms with Crippen LogP contribution in [0.4, 0.5) is 0 Å². The minimum Gasteiger partial charge on any atom is -0.507 e. The van der Waals surface area contributed by atoms with Gasteiger partial charge in [-0.3, -0.25) is 9.59 Å². The van der Waals surface area contributed by atoms with Crippen LogP contribution in [0.5, 0.6) is 11.5 Å². The lowest BCUT2D eigenvalue weighted by atomic mass is 9.95. The van der Waals surface area contributed by atoms with Gasteiger partial charge in [0, 0.05) is 12.1 Å². The Bertz CT molecular complexity index is 1020. The molecule has 2 aromatic carbocycles. The summed E-state index contributed by atoms with van der Waals surface area (Å²) in [7, 11) is 0. The van der Waals surface area contributed by atoms with Crippen molar-refractivity contribution in [1.82, 2.24) is 4.90 Å². The number of ketones is 1. The number of likely N-dealkylation sites (tertiary alicyclic amines) is 1. The number of nitrogens with zero attached hydrogens (tertiary/aromatic N) is 1. The van der Waals surface area contributed by atoms with Crippen LogP contribution >= 0.6 is 11.6 Å². The molecule has 1 aliphatic rings. The number of ether oxygens (including phenoxy) is 2. The summed E-state index contributed by atoms with van der Waals surface area (Å²) in [5, 5.41) is 11.6. The zero-order valence-corrected chi connectivity index (χ0v) is 19.3. The molecule has 0 aliphatic carbocycles. The van der Waals surface area contributed by atoms with E-state index in [-0.39, 0.29) is 11.3 Å². The first-order valence-corrected chi connectivity index (χ1v) is 11.2. The van der Waals surface area contributed by atoms with Crippen molar-refractivity contribution in [2.75, 3.05) is 19.8 Å². The SMILES string of the molecule is CCCCN1C(=O)C(=O)/C(=C(\O)c2ccc(Cl)c(OCC)c2)C1c1ccc(OCC)cc1. The summed E-state index contributed by atoms with van der Waals surface area (Å²) in [6.45, 7) is 7.10. The van der Waals surface area contributed by atoms with Gasteiger partial charge in [0.15, 0.2) is 0 Å². The van der Waals surface area contributed by atoms with E-state index in [1.54, 1.807) is 30.3 Å². The van der Waals surface area contributed by atoms with Gasteiger partial charge in [0.1, 0.15) is 17.3 Å². The quantitative estimate of drug-likeness (QED) is 0.311. The van der Waals surface area contributed by atoms with Crippen molar-refractivity contribution in [3.8, 4) is 11.5 Å². The summed E-state index contributed by atoms with van der Waals surface area (Å²) in [5.41, 5.74) is 1.15. The average Bonchev–Trinajstić information content (AvgIpc) is 3.04. The third-order valence-electron chi connectivity index (χ3n) is 5.30. The lowest BCUT2D eigenvalue weighted by Gasteiger charge is -2.25. The van der Waals surface area contributed by atoms with Crippen LogP contribution in [0, 0.1) is 0 Å². The van der Waals surface area contributed by atoms with Crippen LogP contribution in [-0.2, 0) is 9.59 Å². The summed E-state index contributed by atoms with van der Waals surface area (Å²) < 4.78 is 11.0. The first-order chi connectivity index (χ1) is 15.4. The van der Waals surface area contributed by atoms with Crippen molar-refractivity contribution in [2.24, 2.45) is 0 Å². The lowest BCUT2D eigenvalue weighted by molar-refractivity contribution is -0.139. The Morgan fingerprint density at radius 2 is 1.72 bits per heavy atom. The second-order valence-electron chi connectivity index (χ2n) is 7.43. The molecule has 1 heterocycles. The van der Waals surface area contributed by atoms with Crippen LogP contribution in [0.1, 0.15) is 50.8 Å². The van der Waals surface area contributed by atoms with E-state index in [4.69, 9.17) is 21.1 Å². The van der Waals surface area contributed by atoms with Crippen LogP contribution in [0.25, 0.3) is 5.76 Å². The average molecular weight is 458 g/mol. The molecule has 170 valence electrons. The van der Waals surface area contributed by atoms with Gasteiger partial charge in [-0.1, -0.05) is 37.1 Å². The molecule has 3 rings (SSSR count). The fourth-order valence-corrected chi connectivity index (χ4v) is 3.94. The molecule has 0 saturated carbocycles. The molecule has 2 aromatic rings. The number of rotatable bonds is 9. The molecule has 1 N–H and O–H groups in total. The zero-order chi connectivity index (χ0) is 23.3. The van der Waals surface area contributed by atoms with E-state index in [1.165, 1.54) is 4.90 Å². The number of amides is 1. The molecule has 0 radical (unpaired) electrons. The third-order valence-corrected chi connectivity index (χ3v) is 5.62. The second kappa shape index (κ2) is 10.6. The summed E-state index contributed by atoms with van der Waals surface area (Å²) in [4.78, 5) is 27.5. The van der Waals surface area contributed by atoms with Crippen LogP contribution in [0.2, 0.25) is 5.02 Å². The van der Waals surface area contributed by atoms with Crippen molar-refractivity contribution in [1.29, 1.82) is 0 Å². The number of Topliss-reactive ketones (excluding diaryl/α,β-unsaturated/α-hetero) is 1. The van der Waals surface area contributed by atoms with Crippen molar-refractivity contribution < 1.29 is 24.2 Å². The Kier molecular flexibility index (Phi) is 7.80. The predicted molar refractivity (Wildman–Crippen MR) is 124 cm³/mol. The van der Waals surface area contributed by atoms with Crippen LogP contribution in [0.15, 0.2) is 48.0 Å². The number of halogens is 1. The Hall–Kier alpha value is -2.99. The van der Waals surface area contributed by atoms with Crippen molar-refractivity contribution >= 4 is 29.1 Å². The maximum absolute atomic E-state index is 13.0. The first-order valence-electron chi connectivity index (χ1n) is 10.9. The maximum Gasteiger partial charge on any atom is 0.295 e. The number of unbranched alkanes of at least 4 members (excludes halogenated alkanes) is 1. The van der Waals surface area contributed by atoms with E-state index in [2.05, 4.69) is 0 Å². The van der Waals surface area contributed by atoms with Crippen molar-refractivity contribution in [3.05, 3.63) is 64.2 Å². The minimum absolute atomic E-state index is 0.0556. The Morgan fingerprint density at radius 3 is 2.34 bits per heavy atom. The highest BCUT2D eigenvalue weighted by molar-refractivity contribution is 6.46. The highest BCUT2D eigenvalue weighted by Gasteiger charge is 2.45.